The Bertz CT molecular complexity index is 184. The van der Waals surface area contributed by atoms with Crippen molar-refractivity contribution in [1.29, 1.82) is 0 Å². The highest BCUT2D eigenvalue weighted by atomic mass is 79.9. The summed E-state index contributed by atoms with van der Waals surface area (Å²) in [6.45, 7) is 7.22. The van der Waals surface area contributed by atoms with Crippen molar-refractivity contribution in [2.75, 3.05) is 6.54 Å². The summed E-state index contributed by atoms with van der Waals surface area (Å²) in [7, 11) is 0. The quantitative estimate of drug-likeness (QED) is 0.819. The molecule has 0 radical (unpaired) electrons. The SMILES string of the molecule is Br.CCC1SC(O)=C(C)N1CC. The second-order valence-electron chi connectivity index (χ2n) is 2.66. The fourth-order valence-electron chi connectivity index (χ4n) is 1.36. The van der Waals surface area contributed by atoms with Crippen molar-refractivity contribution in [2.24, 2.45) is 0 Å². The van der Waals surface area contributed by atoms with Crippen molar-refractivity contribution >= 4 is 28.7 Å². The monoisotopic (exact) mass is 253 g/mol. The number of thioether (sulfide) groups is 1. The zero-order chi connectivity index (χ0) is 8.43. The molecule has 0 aliphatic carbocycles. The maximum atomic E-state index is 9.40. The van der Waals surface area contributed by atoms with Crippen LogP contribution in [0.15, 0.2) is 10.8 Å². The van der Waals surface area contributed by atoms with Crippen molar-refractivity contribution in [1.82, 2.24) is 4.90 Å². The summed E-state index contributed by atoms with van der Waals surface area (Å²) in [5.41, 5.74) is 1.03. The molecule has 2 nitrogen and oxygen atoms in total. The van der Waals surface area contributed by atoms with Gasteiger partial charge in [-0.05, 0) is 20.3 Å². The summed E-state index contributed by atoms with van der Waals surface area (Å²) in [6.07, 6.45) is 1.08. The summed E-state index contributed by atoms with van der Waals surface area (Å²) >= 11 is 1.57. The van der Waals surface area contributed by atoms with Gasteiger partial charge < -0.3 is 10.0 Å². The van der Waals surface area contributed by atoms with Gasteiger partial charge in [0.1, 0.15) is 0 Å². The molecule has 0 amide bonds. The minimum Gasteiger partial charge on any atom is -0.501 e. The molecule has 1 N–H and O–H groups in total. The van der Waals surface area contributed by atoms with Gasteiger partial charge in [-0.2, -0.15) is 0 Å². The third-order valence-corrected chi connectivity index (χ3v) is 3.40. The fourth-order valence-corrected chi connectivity index (χ4v) is 2.51. The second-order valence-corrected chi connectivity index (χ2v) is 3.82. The summed E-state index contributed by atoms with van der Waals surface area (Å²) < 4.78 is 0. The van der Waals surface area contributed by atoms with E-state index in [9.17, 15) is 5.11 Å². The lowest BCUT2D eigenvalue weighted by atomic mass is 10.3. The van der Waals surface area contributed by atoms with Crippen LogP contribution in [0.1, 0.15) is 27.2 Å². The minimum absolute atomic E-state index is 0. The van der Waals surface area contributed by atoms with Gasteiger partial charge in [-0.15, -0.1) is 17.0 Å². The van der Waals surface area contributed by atoms with Gasteiger partial charge in [-0.25, -0.2) is 0 Å². The van der Waals surface area contributed by atoms with E-state index >= 15 is 0 Å². The van der Waals surface area contributed by atoms with Crippen LogP contribution in [-0.4, -0.2) is 21.9 Å². The molecule has 0 spiro atoms. The topological polar surface area (TPSA) is 23.5 Å². The standard InChI is InChI=1S/C8H15NOS.BrH/c1-4-7-9(5-2)6(3)8(10)11-7;/h7,10H,4-5H2,1-3H3;1H. The average Bonchev–Trinajstić information content (AvgIpc) is 2.28. The molecule has 1 rings (SSSR count). The van der Waals surface area contributed by atoms with E-state index in [0.29, 0.717) is 10.5 Å². The highest BCUT2D eigenvalue weighted by Gasteiger charge is 2.27. The fraction of sp³-hybridized carbons (Fsp3) is 0.750. The predicted molar refractivity (Wildman–Crippen MR) is 59.7 cm³/mol. The van der Waals surface area contributed by atoms with Crippen LogP contribution in [0.2, 0.25) is 0 Å². The summed E-state index contributed by atoms with van der Waals surface area (Å²) in [5.74, 6) is 0. The zero-order valence-corrected chi connectivity index (χ0v) is 10.2. The van der Waals surface area contributed by atoms with E-state index < -0.39 is 0 Å². The van der Waals surface area contributed by atoms with Crippen LogP contribution < -0.4 is 0 Å². The highest BCUT2D eigenvalue weighted by molar-refractivity contribution is 8.93. The Kier molecular flexibility index (Phi) is 5.09. The van der Waals surface area contributed by atoms with Crippen LogP contribution in [0.25, 0.3) is 0 Å². The van der Waals surface area contributed by atoms with Crippen molar-refractivity contribution in [3.05, 3.63) is 10.8 Å². The summed E-state index contributed by atoms with van der Waals surface area (Å²) in [6, 6.07) is 0. The molecule has 0 saturated carbocycles. The van der Waals surface area contributed by atoms with Crippen molar-refractivity contribution in [3.8, 4) is 0 Å². The molecular formula is C8H16BrNOS. The third-order valence-electron chi connectivity index (χ3n) is 2.03. The van der Waals surface area contributed by atoms with Gasteiger partial charge in [-0.1, -0.05) is 18.7 Å². The molecule has 0 aromatic rings. The molecule has 4 heteroatoms. The van der Waals surface area contributed by atoms with Crippen LogP contribution in [0.4, 0.5) is 0 Å². The van der Waals surface area contributed by atoms with Gasteiger partial charge in [0, 0.05) is 6.54 Å². The lowest BCUT2D eigenvalue weighted by Gasteiger charge is -2.23. The van der Waals surface area contributed by atoms with E-state index in [4.69, 9.17) is 0 Å². The van der Waals surface area contributed by atoms with Crippen LogP contribution >= 0.6 is 28.7 Å². The number of nitrogens with zero attached hydrogens (tertiary/aromatic N) is 1. The molecule has 1 heterocycles. The Morgan fingerprint density at radius 3 is 2.42 bits per heavy atom. The molecule has 0 aromatic carbocycles. The normalized spacial score (nSPS) is 22.9. The molecule has 1 aliphatic heterocycles. The first-order valence-corrected chi connectivity index (χ1v) is 4.91. The Balaban J connectivity index is 0.00000121. The Labute approximate surface area is 88.8 Å². The van der Waals surface area contributed by atoms with Gasteiger partial charge in [0.2, 0.25) is 0 Å². The number of halogens is 1. The van der Waals surface area contributed by atoms with Crippen LogP contribution in [0, 0.1) is 0 Å². The highest BCUT2D eigenvalue weighted by Crippen LogP contribution is 2.37. The molecule has 1 unspecified atom stereocenters. The maximum Gasteiger partial charge on any atom is 0.171 e. The molecule has 1 atom stereocenters. The van der Waals surface area contributed by atoms with Gasteiger partial charge in [0.15, 0.2) is 5.09 Å². The van der Waals surface area contributed by atoms with E-state index in [0.717, 1.165) is 18.7 Å². The zero-order valence-electron chi connectivity index (χ0n) is 7.70. The van der Waals surface area contributed by atoms with Crippen LogP contribution in [0.3, 0.4) is 0 Å². The number of rotatable bonds is 2. The minimum atomic E-state index is 0. The van der Waals surface area contributed by atoms with E-state index in [1.807, 2.05) is 6.92 Å². The van der Waals surface area contributed by atoms with Crippen molar-refractivity contribution in [2.45, 2.75) is 32.6 Å². The first-order chi connectivity index (χ1) is 5.20. The van der Waals surface area contributed by atoms with Crippen LogP contribution in [-0.2, 0) is 0 Å². The van der Waals surface area contributed by atoms with Gasteiger partial charge in [0.05, 0.1) is 11.1 Å². The number of allylic oxidation sites excluding steroid dienone is 1. The maximum absolute atomic E-state index is 9.40. The van der Waals surface area contributed by atoms with E-state index in [2.05, 4.69) is 18.7 Å². The van der Waals surface area contributed by atoms with Gasteiger partial charge in [-0.3, -0.25) is 0 Å². The number of hydrogen-bond acceptors (Lipinski definition) is 3. The Hall–Kier alpha value is 0.170. The molecule has 12 heavy (non-hydrogen) atoms. The average molecular weight is 254 g/mol. The predicted octanol–water partition coefficient (Wildman–Crippen LogP) is 3.12. The van der Waals surface area contributed by atoms with E-state index in [1.54, 1.807) is 11.8 Å². The number of hydrogen-bond donors (Lipinski definition) is 1. The molecule has 0 bridgehead atoms. The lowest BCUT2D eigenvalue weighted by Crippen LogP contribution is -2.26. The van der Waals surface area contributed by atoms with Crippen molar-refractivity contribution < 1.29 is 5.11 Å². The molecule has 72 valence electrons. The lowest BCUT2D eigenvalue weighted by molar-refractivity contribution is 0.330. The van der Waals surface area contributed by atoms with Gasteiger partial charge >= 0.3 is 0 Å². The van der Waals surface area contributed by atoms with Crippen LogP contribution in [0.5, 0.6) is 0 Å². The Morgan fingerprint density at radius 1 is 1.50 bits per heavy atom. The van der Waals surface area contributed by atoms with Gasteiger partial charge in [0.25, 0.3) is 0 Å². The molecule has 0 saturated heterocycles. The third kappa shape index (κ3) is 2.10. The van der Waals surface area contributed by atoms with E-state index in [1.165, 1.54) is 0 Å². The first kappa shape index (κ1) is 12.2. The second kappa shape index (κ2) is 5.02. The number of aliphatic hydroxyl groups excluding tert-OH is 1. The molecule has 0 aromatic heterocycles. The largest absolute Gasteiger partial charge is 0.501 e. The summed E-state index contributed by atoms with van der Waals surface area (Å²) in [5, 5.41) is 10.4. The van der Waals surface area contributed by atoms with Crippen molar-refractivity contribution in [3.63, 3.8) is 0 Å². The first-order valence-electron chi connectivity index (χ1n) is 4.03. The van der Waals surface area contributed by atoms with E-state index in [-0.39, 0.29) is 17.0 Å². The smallest absolute Gasteiger partial charge is 0.171 e. The molecule has 0 fully saturated rings. The molecular weight excluding hydrogens is 238 g/mol. The summed E-state index contributed by atoms with van der Waals surface area (Å²) in [4.78, 5) is 2.24. The number of aliphatic hydroxyl groups is 1. The molecule has 1 aliphatic rings. The Morgan fingerprint density at radius 2 is 2.08 bits per heavy atom.